The lowest BCUT2D eigenvalue weighted by molar-refractivity contribution is -0.116. The molecule has 1 aromatic rings. The zero-order valence-corrected chi connectivity index (χ0v) is 13.9. The summed E-state index contributed by atoms with van der Waals surface area (Å²) in [5, 5.41) is 2.62. The van der Waals surface area contributed by atoms with E-state index in [1.54, 1.807) is 13.2 Å². The number of amides is 2. The Morgan fingerprint density at radius 2 is 1.83 bits per heavy atom. The number of aryl methyl sites for hydroxylation is 1. The molecular weight excluding hydrogens is 294 g/mol. The molecule has 1 aliphatic heterocycles. The highest BCUT2D eigenvalue weighted by atomic mass is 16.2. The average Bonchev–Trinajstić information content (AvgIpc) is 2.80. The number of hydrogen-bond donors (Lipinski definition) is 1. The van der Waals surface area contributed by atoms with E-state index in [0.29, 0.717) is 18.4 Å². The third-order valence-corrected chi connectivity index (χ3v) is 4.07. The number of hydrogen-bond acceptors (Lipinski definition) is 3. The van der Waals surface area contributed by atoms with Gasteiger partial charge in [-0.05, 0) is 25.3 Å². The molecule has 23 heavy (non-hydrogen) atoms. The van der Waals surface area contributed by atoms with Crippen molar-refractivity contribution in [1.82, 2.24) is 9.47 Å². The first kappa shape index (κ1) is 17.2. The molecule has 2 heterocycles. The molecule has 1 fully saturated rings. The minimum atomic E-state index is -0.304. The summed E-state index contributed by atoms with van der Waals surface area (Å²) in [4.78, 5) is 38.4. The van der Waals surface area contributed by atoms with Gasteiger partial charge < -0.3 is 14.8 Å². The average molecular weight is 319 g/mol. The van der Waals surface area contributed by atoms with E-state index in [1.165, 1.54) is 10.6 Å². The van der Waals surface area contributed by atoms with Crippen LogP contribution in [-0.2, 0) is 11.8 Å². The number of nitrogens with zero attached hydrogens (tertiary/aromatic N) is 2. The van der Waals surface area contributed by atoms with Crippen molar-refractivity contribution in [3.05, 3.63) is 28.2 Å². The largest absolute Gasteiger partial charge is 0.339 e. The van der Waals surface area contributed by atoms with Crippen LogP contribution >= 0.6 is 0 Å². The van der Waals surface area contributed by atoms with Crippen molar-refractivity contribution in [1.29, 1.82) is 0 Å². The molecule has 0 aliphatic carbocycles. The van der Waals surface area contributed by atoms with Crippen LogP contribution in [0.25, 0.3) is 0 Å². The van der Waals surface area contributed by atoms with Crippen LogP contribution in [0.3, 0.4) is 0 Å². The van der Waals surface area contributed by atoms with Crippen LogP contribution in [-0.4, -0.2) is 34.4 Å². The Morgan fingerprint density at radius 3 is 2.43 bits per heavy atom. The fraction of sp³-hybridized carbons (Fsp3) is 0.588. The van der Waals surface area contributed by atoms with Crippen LogP contribution in [0.5, 0.6) is 0 Å². The fourth-order valence-corrected chi connectivity index (χ4v) is 2.81. The molecule has 0 bridgehead atoms. The van der Waals surface area contributed by atoms with Gasteiger partial charge in [-0.25, -0.2) is 0 Å². The first-order valence-electron chi connectivity index (χ1n) is 8.32. The van der Waals surface area contributed by atoms with Gasteiger partial charge >= 0.3 is 0 Å². The summed E-state index contributed by atoms with van der Waals surface area (Å²) in [5.74, 6) is -0.280. The molecule has 1 aliphatic rings. The lowest BCUT2D eigenvalue weighted by atomic mass is 10.2. The Hall–Kier alpha value is -2.11. The molecule has 0 atom stereocenters. The first-order chi connectivity index (χ1) is 11.0. The summed E-state index contributed by atoms with van der Waals surface area (Å²) in [6, 6.07) is 1.50. The Kier molecular flexibility index (Phi) is 5.96. The molecule has 0 saturated carbocycles. The predicted octanol–water partition coefficient (Wildman–Crippen LogP) is 2.14. The van der Waals surface area contributed by atoms with Gasteiger partial charge in [-0.15, -0.1) is 0 Å². The van der Waals surface area contributed by atoms with Crippen molar-refractivity contribution in [3.8, 4) is 0 Å². The summed E-state index contributed by atoms with van der Waals surface area (Å²) in [6.07, 6.45) is 6.93. The van der Waals surface area contributed by atoms with Crippen molar-refractivity contribution in [2.24, 2.45) is 7.05 Å². The number of nitrogens with one attached hydrogen (secondary N) is 1. The van der Waals surface area contributed by atoms with E-state index in [1.807, 2.05) is 11.8 Å². The number of pyridine rings is 1. The van der Waals surface area contributed by atoms with Crippen molar-refractivity contribution < 1.29 is 9.59 Å². The quantitative estimate of drug-likeness (QED) is 0.924. The molecule has 126 valence electrons. The van der Waals surface area contributed by atoms with E-state index < -0.39 is 0 Å². The number of anilines is 1. The Balaban J connectivity index is 2.24. The normalized spacial score (nSPS) is 15.1. The summed E-state index contributed by atoms with van der Waals surface area (Å²) < 4.78 is 1.35. The van der Waals surface area contributed by atoms with Gasteiger partial charge in [-0.2, -0.15) is 0 Å². The summed E-state index contributed by atoms with van der Waals surface area (Å²) in [6.45, 7) is 3.40. The predicted molar refractivity (Wildman–Crippen MR) is 89.6 cm³/mol. The third kappa shape index (κ3) is 4.43. The van der Waals surface area contributed by atoms with Gasteiger partial charge in [-0.1, -0.05) is 19.8 Å². The molecule has 2 amide bonds. The van der Waals surface area contributed by atoms with Gasteiger partial charge in [0.15, 0.2) is 0 Å². The molecule has 1 aromatic heterocycles. The maximum atomic E-state index is 12.7. The molecule has 0 spiro atoms. The number of carbonyl (C=O) groups is 2. The van der Waals surface area contributed by atoms with Crippen LogP contribution in [0.2, 0.25) is 0 Å². The molecular formula is C17H25N3O3. The second kappa shape index (κ2) is 7.94. The SMILES string of the molecule is CCCC(=O)Nc1cc(C(=O)N2CCCCCC2)cn(C)c1=O. The van der Waals surface area contributed by atoms with Gasteiger partial charge in [0.2, 0.25) is 5.91 Å². The molecule has 6 nitrogen and oxygen atoms in total. The molecule has 0 unspecified atom stereocenters. The minimum absolute atomic E-state index is 0.0755. The molecule has 6 heteroatoms. The molecule has 0 radical (unpaired) electrons. The first-order valence-corrected chi connectivity index (χ1v) is 8.32. The van der Waals surface area contributed by atoms with Crippen LogP contribution in [0.1, 0.15) is 55.8 Å². The summed E-state index contributed by atoms with van der Waals surface area (Å²) in [5.41, 5.74) is 0.314. The van der Waals surface area contributed by atoms with Gasteiger partial charge in [0.05, 0.1) is 5.56 Å². The van der Waals surface area contributed by atoms with E-state index in [0.717, 1.165) is 38.8 Å². The lowest BCUT2D eigenvalue weighted by Crippen LogP contribution is -2.33. The van der Waals surface area contributed by atoms with Crippen LogP contribution in [0.15, 0.2) is 17.1 Å². The second-order valence-electron chi connectivity index (χ2n) is 6.06. The van der Waals surface area contributed by atoms with Gasteiger partial charge in [0.25, 0.3) is 11.5 Å². The Bertz CT molecular complexity index is 628. The zero-order valence-electron chi connectivity index (χ0n) is 13.9. The summed E-state index contributed by atoms with van der Waals surface area (Å²) in [7, 11) is 1.59. The maximum absolute atomic E-state index is 12.7. The zero-order chi connectivity index (χ0) is 16.8. The van der Waals surface area contributed by atoms with E-state index in [4.69, 9.17) is 0 Å². The standard InChI is InChI=1S/C17H25N3O3/c1-3-8-15(21)18-14-11-13(12-19(2)17(14)23)16(22)20-9-6-4-5-7-10-20/h11-12H,3-10H2,1-2H3,(H,18,21). The van der Waals surface area contributed by atoms with E-state index in [2.05, 4.69) is 5.32 Å². The van der Waals surface area contributed by atoms with E-state index >= 15 is 0 Å². The summed E-state index contributed by atoms with van der Waals surface area (Å²) >= 11 is 0. The van der Waals surface area contributed by atoms with Crippen molar-refractivity contribution in [2.45, 2.75) is 45.4 Å². The lowest BCUT2D eigenvalue weighted by Gasteiger charge is -2.21. The topological polar surface area (TPSA) is 71.4 Å². The monoisotopic (exact) mass is 319 g/mol. The number of aromatic nitrogens is 1. The smallest absolute Gasteiger partial charge is 0.274 e. The Morgan fingerprint density at radius 1 is 1.17 bits per heavy atom. The second-order valence-corrected chi connectivity index (χ2v) is 6.06. The molecule has 0 aromatic carbocycles. The number of carbonyl (C=O) groups excluding carboxylic acids is 2. The number of likely N-dealkylation sites (tertiary alicyclic amines) is 1. The van der Waals surface area contributed by atoms with Crippen LogP contribution < -0.4 is 10.9 Å². The maximum Gasteiger partial charge on any atom is 0.274 e. The van der Waals surface area contributed by atoms with Crippen molar-refractivity contribution >= 4 is 17.5 Å². The van der Waals surface area contributed by atoms with Crippen LogP contribution in [0, 0.1) is 0 Å². The fourth-order valence-electron chi connectivity index (χ4n) is 2.81. The molecule has 1 saturated heterocycles. The van der Waals surface area contributed by atoms with E-state index in [9.17, 15) is 14.4 Å². The van der Waals surface area contributed by atoms with Gasteiger partial charge in [-0.3, -0.25) is 14.4 Å². The Labute approximate surface area is 136 Å². The molecule has 2 rings (SSSR count). The molecule has 1 N–H and O–H groups in total. The number of rotatable bonds is 4. The minimum Gasteiger partial charge on any atom is -0.339 e. The van der Waals surface area contributed by atoms with Crippen LogP contribution in [0.4, 0.5) is 5.69 Å². The highest BCUT2D eigenvalue weighted by Gasteiger charge is 2.19. The van der Waals surface area contributed by atoms with Gasteiger partial charge in [0, 0.05) is 32.8 Å². The highest BCUT2D eigenvalue weighted by Crippen LogP contribution is 2.14. The third-order valence-electron chi connectivity index (χ3n) is 4.07. The van der Waals surface area contributed by atoms with Crippen molar-refractivity contribution in [2.75, 3.05) is 18.4 Å². The van der Waals surface area contributed by atoms with Gasteiger partial charge in [0.1, 0.15) is 5.69 Å². The van der Waals surface area contributed by atoms with Crippen molar-refractivity contribution in [3.63, 3.8) is 0 Å². The highest BCUT2D eigenvalue weighted by molar-refractivity contribution is 5.96. The van der Waals surface area contributed by atoms with E-state index in [-0.39, 0.29) is 23.1 Å².